The highest BCUT2D eigenvalue weighted by molar-refractivity contribution is 5.66. The second-order valence-corrected chi connectivity index (χ2v) is 12.1. The molecule has 4 aliphatic carbocycles. The Labute approximate surface area is 197 Å². The van der Waals surface area contributed by atoms with E-state index in [1.807, 2.05) is 6.92 Å². The summed E-state index contributed by atoms with van der Waals surface area (Å²) in [7, 11) is 0. The lowest BCUT2D eigenvalue weighted by molar-refractivity contribution is -0.543. The number of hydrogen-bond donors (Lipinski definition) is 2. The standard InChI is InChI=1S/C26H32O8/c1-22-11-18(28)21-17(26(22,30)8-6-16(22)14-3-4-20(29)31-12-14)5-7-24-10-15-9-19(25(21,24)13-27)33-23(2,32-15)34-24/h3-4,12-13,15-19,21,28,30H,5-11H2,1-2H3/t15-,16+,17+,18+,19-,21+,22+,23+,24?,25+,26-/m0/s1. The van der Waals surface area contributed by atoms with Crippen molar-refractivity contribution in [2.75, 3.05) is 0 Å². The van der Waals surface area contributed by atoms with E-state index >= 15 is 0 Å². The fraction of sp³-hybridized carbons (Fsp3) is 0.769. The Kier molecular flexibility index (Phi) is 4.08. The molecule has 2 N–H and O–H groups in total. The number of aldehydes is 1. The average molecular weight is 473 g/mol. The molecule has 0 radical (unpaired) electrons. The molecule has 8 heteroatoms. The van der Waals surface area contributed by atoms with Crippen molar-refractivity contribution in [1.82, 2.24) is 0 Å². The predicted octanol–water partition coefficient (Wildman–Crippen LogP) is 2.25. The number of aliphatic hydroxyl groups is 2. The number of ether oxygens (including phenoxy) is 3. The predicted molar refractivity (Wildman–Crippen MR) is 117 cm³/mol. The molecule has 4 bridgehead atoms. The van der Waals surface area contributed by atoms with Crippen LogP contribution in [0.25, 0.3) is 0 Å². The van der Waals surface area contributed by atoms with Crippen LogP contribution in [0.4, 0.5) is 0 Å². The average Bonchev–Trinajstić information content (AvgIpc) is 3.04. The highest BCUT2D eigenvalue weighted by Crippen LogP contribution is 2.74. The van der Waals surface area contributed by atoms with E-state index in [1.165, 1.54) is 12.3 Å². The first kappa shape index (κ1) is 21.7. The van der Waals surface area contributed by atoms with Crippen LogP contribution in [0.15, 0.2) is 27.6 Å². The molecule has 184 valence electrons. The fourth-order valence-corrected chi connectivity index (χ4v) is 9.75. The summed E-state index contributed by atoms with van der Waals surface area (Å²) in [4.78, 5) is 24.6. The van der Waals surface area contributed by atoms with Crippen molar-refractivity contribution in [2.45, 2.75) is 100 Å². The number of fused-ring (bicyclic) bond motifs is 3. The third kappa shape index (κ3) is 2.28. The van der Waals surface area contributed by atoms with Crippen molar-refractivity contribution < 1.29 is 33.6 Å². The van der Waals surface area contributed by atoms with Crippen LogP contribution in [0.3, 0.4) is 0 Å². The number of carbonyl (C=O) groups excluding carboxylic acids is 1. The Morgan fingerprint density at radius 2 is 1.94 bits per heavy atom. The second-order valence-electron chi connectivity index (χ2n) is 12.1. The van der Waals surface area contributed by atoms with E-state index in [1.54, 1.807) is 13.0 Å². The van der Waals surface area contributed by atoms with Crippen molar-refractivity contribution in [1.29, 1.82) is 0 Å². The van der Waals surface area contributed by atoms with E-state index in [4.69, 9.17) is 18.6 Å². The fourth-order valence-electron chi connectivity index (χ4n) is 9.75. The topological polar surface area (TPSA) is 115 Å². The lowest BCUT2D eigenvalue weighted by Crippen LogP contribution is -2.82. The summed E-state index contributed by atoms with van der Waals surface area (Å²) in [5.74, 6) is -1.95. The summed E-state index contributed by atoms with van der Waals surface area (Å²) in [5.41, 5.74) is -3.00. The van der Waals surface area contributed by atoms with Gasteiger partial charge >= 0.3 is 5.63 Å². The molecule has 4 saturated carbocycles. The van der Waals surface area contributed by atoms with Crippen LogP contribution < -0.4 is 5.63 Å². The molecule has 0 amide bonds. The Morgan fingerprint density at radius 1 is 1.12 bits per heavy atom. The van der Waals surface area contributed by atoms with E-state index in [0.717, 1.165) is 18.3 Å². The van der Waals surface area contributed by atoms with Gasteiger partial charge < -0.3 is 33.6 Å². The lowest BCUT2D eigenvalue weighted by atomic mass is 9.40. The first-order valence-electron chi connectivity index (χ1n) is 12.6. The molecule has 3 aliphatic heterocycles. The highest BCUT2D eigenvalue weighted by Gasteiger charge is 2.80. The lowest BCUT2D eigenvalue weighted by Gasteiger charge is -2.73. The number of carbonyl (C=O) groups is 1. The number of rotatable bonds is 2. The number of aliphatic hydroxyl groups excluding tert-OH is 1. The van der Waals surface area contributed by atoms with Crippen LogP contribution in [0, 0.1) is 22.7 Å². The van der Waals surface area contributed by atoms with E-state index in [0.29, 0.717) is 38.5 Å². The molecular weight excluding hydrogens is 440 g/mol. The van der Waals surface area contributed by atoms with Gasteiger partial charge in [-0.15, -0.1) is 0 Å². The Bertz CT molecular complexity index is 1100. The summed E-state index contributed by atoms with van der Waals surface area (Å²) < 4.78 is 23.8. The molecule has 8 rings (SSSR count). The van der Waals surface area contributed by atoms with Gasteiger partial charge in [0.15, 0.2) is 0 Å². The van der Waals surface area contributed by atoms with Crippen molar-refractivity contribution in [2.24, 2.45) is 22.7 Å². The van der Waals surface area contributed by atoms with Crippen LogP contribution in [0.1, 0.15) is 70.3 Å². The van der Waals surface area contributed by atoms with Gasteiger partial charge in [-0.1, -0.05) is 6.92 Å². The maximum absolute atomic E-state index is 13.1. The molecule has 1 aromatic heterocycles. The molecule has 7 fully saturated rings. The smallest absolute Gasteiger partial charge is 0.335 e. The summed E-state index contributed by atoms with van der Waals surface area (Å²) in [5, 5.41) is 24.2. The summed E-state index contributed by atoms with van der Waals surface area (Å²) in [6.45, 7) is 3.82. The zero-order chi connectivity index (χ0) is 23.7. The molecule has 11 atom stereocenters. The Morgan fingerprint density at radius 3 is 2.65 bits per heavy atom. The van der Waals surface area contributed by atoms with Crippen molar-refractivity contribution in [3.05, 3.63) is 34.4 Å². The van der Waals surface area contributed by atoms with E-state index < -0.39 is 51.8 Å². The van der Waals surface area contributed by atoms with Crippen LogP contribution in [0.5, 0.6) is 0 Å². The first-order chi connectivity index (χ1) is 16.1. The first-order valence-corrected chi connectivity index (χ1v) is 12.6. The highest BCUT2D eigenvalue weighted by atomic mass is 16.9. The molecule has 8 nitrogen and oxygen atoms in total. The third-order valence-corrected chi connectivity index (χ3v) is 10.9. The van der Waals surface area contributed by atoms with Crippen molar-refractivity contribution in [3.63, 3.8) is 0 Å². The van der Waals surface area contributed by atoms with Gasteiger partial charge in [-0.05, 0) is 55.6 Å². The second kappa shape index (κ2) is 6.40. The van der Waals surface area contributed by atoms with Crippen molar-refractivity contribution >= 4 is 6.29 Å². The number of hydrogen-bond acceptors (Lipinski definition) is 8. The SMILES string of the molecule is C[C@@]12O[C@H]3C[C@H](O1)[C@]1(C=O)[C@H]4[C@H](O)C[C@]5(C)[C@@H](c6ccc(=O)oc6)CC[C@]5(O)[C@@H]4CCC1(C3)O2. The van der Waals surface area contributed by atoms with Crippen molar-refractivity contribution in [3.8, 4) is 0 Å². The molecule has 7 aliphatic rings. The molecule has 1 unspecified atom stereocenters. The van der Waals surface area contributed by atoms with Crippen LogP contribution >= 0.6 is 0 Å². The van der Waals surface area contributed by atoms with Gasteiger partial charge in [0.25, 0.3) is 5.97 Å². The largest absolute Gasteiger partial charge is 0.431 e. The minimum Gasteiger partial charge on any atom is -0.431 e. The van der Waals surface area contributed by atoms with Gasteiger partial charge in [0.1, 0.15) is 6.29 Å². The van der Waals surface area contributed by atoms with Gasteiger partial charge in [-0.2, -0.15) is 0 Å². The van der Waals surface area contributed by atoms with E-state index in [-0.39, 0.29) is 17.9 Å². The van der Waals surface area contributed by atoms with Gasteiger partial charge in [-0.3, -0.25) is 0 Å². The minimum absolute atomic E-state index is 0.0280. The quantitative estimate of drug-likeness (QED) is 0.630. The Hall–Kier alpha value is -1.58. The molecule has 1 spiro atoms. The maximum Gasteiger partial charge on any atom is 0.335 e. The zero-order valence-corrected chi connectivity index (χ0v) is 19.6. The molecule has 1 aromatic rings. The zero-order valence-electron chi connectivity index (χ0n) is 19.6. The van der Waals surface area contributed by atoms with Crippen LogP contribution in [-0.2, 0) is 19.0 Å². The van der Waals surface area contributed by atoms with Gasteiger partial charge in [0.2, 0.25) is 0 Å². The normalized spacial score (nSPS) is 57.1. The molecule has 4 heterocycles. The third-order valence-electron chi connectivity index (χ3n) is 10.9. The Balaban J connectivity index is 1.33. The molecule has 34 heavy (non-hydrogen) atoms. The van der Waals surface area contributed by atoms with E-state index in [9.17, 15) is 19.8 Å². The molecule has 3 saturated heterocycles. The summed E-state index contributed by atoms with van der Waals surface area (Å²) in [6.07, 6.45) is 5.38. The monoisotopic (exact) mass is 472 g/mol. The summed E-state index contributed by atoms with van der Waals surface area (Å²) in [6, 6.07) is 3.19. The van der Waals surface area contributed by atoms with Crippen LogP contribution in [0.2, 0.25) is 0 Å². The van der Waals surface area contributed by atoms with Gasteiger partial charge in [0, 0.05) is 37.2 Å². The van der Waals surface area contributed by atoms with Crippen LogP contribution in [-0.4, -0.2) is 52.0 Å². The van der Waals surface area contributed by atoms with Gasteiger partial charge in [-0.25, -0.2) is 4.79 Å². The maximum atomic E-state index is 13.1. The molecular formula is C26H32O8. The van der Waals surface area contributed by atoms with E-state index in [2.05, 4.69) is 0 Å². The molecule has 0 aromatic carbocycles. The summed E-state index contributed by atoms with van der Waals surface area (Å²) >= 11 is 0. The minimum atomic E-state index is -1.16. The van der Waals surface area contributed by atoms with Gasteiger partial charge in [0.05, 0.1) is 41.2 Å².